The van der Waals surface area contributed by atoms with Gasteiger partial charge in [0.25, 0.3) is 0 Å². The van der Waals surface area contributed by atoms with E-state index in [9.17, 15) is 0 Å². The maximum atomic E-state index is 6.67. The summed E-state index contributed by atoms with van der Waals surface area (Å²) >= 11 is 0. The summed E-state index contributed by atoms with van der Waals surface area (Å²) in [6.07, 6.45) is 7.86. The molecule has 2 atom stereocenters. The van der Waals surface area contributed by atoms with E-state index in [-0.39, 0.29) is 12.2 Å². The first-order chi connectivity index (χ1) is 19.1. The van der Waals surface area contributed by atoms with E-state index < -0.39 is 18.3 Å². The molecule has 5 fully saturated rings. The van der Waals surface area contributed by atoms with Gasteiger partial charge in [0.1, 0.15) is 5.75 Å². The zero-order valence-electron chi connectivity index (χ0n) is 27.2. The summed E-state index contributed by atoms with van der Waals surface area (Å²) in [5.74, 6) is 2.18. The fourth-order valence-corrected chi connectivity index (χ4v) is 9.74. The number of hydrogen-bond donors (Lipinski definition) is 0. The summed E-state index contributed by atoms with van der Waals surface area (Å²) in [7, 11) is 1.26. The third-order valence-corrected chi connectivity index (χ3v) is 11.3. The van der Waals surface area contributed by atoms with Crippen molar-refractivity contribution in [2.45, 2.75) is 123 Å². The van der Waals surface area contributed by atoms with Crippen molar-refractivity contribution in [2.24, 2.45) is 16.7 Å². The van der Waals surface area contributed by atoms with Crippen molar-refractivity contribution in [2.75, 3.05) is 13.9 Å². The van der Waals surface area contributed by atoms with Gasteiger partial charge in [0.2, 0.25) is 0 Å². The van der Waals surface area contributed by atoms with Crippen molar-refractivity contribution in [3.05, 3.63) is 47.0 Å². The molecule has 1 heterocycles. The maximum absolute atomic E-state index is 6.67. The molecule has 41 heavy (non-hydrogen) atoms. The summed E-state index contributed by atoms with van der Waals surface area (Å²) in [5.41, 5.74) is 7.40. The molecular weight excluding hydrogens is 507 g/mol. The van der Waals surface area contributed by atoms with Crippen LogP contribution in [0.3, 0.4) is 0 Å². The topological polar surface area (TPSA) is 36.9 Å². The van der Waals surface area contributed by atoms with Crippen LogP contribution in [-0.4, -0.2) is 32.2 Å². The van der Waals surface area contributed by atoms with Gasteiger partial charge in [-0.3, -0.25) is 0 Å². The molecule has 4 aliphatic carbocycles. The van der Waals surface area contributed by atoms with Gasteiger partial charge in [-0.1, -0.05) is 52.0 Å². The van der Waals surface area contributed by atoms with Gasteiger partial charge >= 0.3 is 7.12 Å². The largest absolute Gasteiger partial charge is 0.495 e. The first-order valence-electron chi connectivity index (χ1n) is 15.9. The van der Waals surface area contributed by atoms with Gasteiger partial charge in [-0.15, -0.1) is 0 Å². The molecular formula is C36H51BO4. The van der Waals surface area contributed by atoms with Crippen molar-refractivity contribution in [1.82, 2.24) is 0 Å². The van der Waals surface area contributed by atoms with Crippen LogP contribution in [0.4, 0.5) is 0 Å². The van der Waals surface area contributed by atoms with Crippen LogP contribution in [0.15, 0.2) is 30.3 Å². The zero-order chi connectivity index (χ0) is 29.6. The molecule has 2 aromatic rings. The molecule has 0 aromatic heterocycles. The standard InChI is InChI=1S/C36H51BO4/c1-23(2)26-11-12-27(30(15-26)37-40-32(4,5)33(6,7)41-37)28-13-24(3)14-29(31(28)39-22-38-10)36-18-25-16-34(8,20-36)19-35(9,17-25)21-36/h11-15,23,25H,16-22H2,1-10H3. The average Bonchev–Trinajstić information content (AvgIpc) is 3.06. The molecule has 2 aromatic carbocycles. The van der Waals surface area contributed by atoms with Gasteiger partial charge in [-0.2, -0.15) is 0 Å². The SMILES string of the molecule is COCOc1c(-c2ccc(C(C)C)cc2B2OC(C)(C)C(C)(C)O2)cc(C)cc1C12CC3CC(C)(CC(C)(C3)C1)C2. The van der Waals surface area contributed by atoms with Crippen molar-refractivity contribution < 1.29 is 18.8 Å². The van der Waals surface area contributed by atoms with Crippen LogP contribution in [0, 0.1) is 23.7 Å². The molecule has 1 saturated heterocycles. The van der Waals surface area contributed by atoms with Crippen LogP contribution < -0.4 is 10.2 Å². The fourth-order valence-electron chi connectivity index (χ4n) is 9.74. The molecule has 0 radical (unpaired) electrons. The molecule has 0 spiro atoms. The second kappa shape index (κ2) is 9.59. The first-order valence-corrected chi connectivity index (χ1v) is 15.9. The highest BCUT2D eigenvalue weighted by Crippen LogP contribution is 2.70. The minimum atomic E-state index is -0.453. The molecule has 7 rings (SSSR count). The second-order valence-electron chi connectivity index (χ2n) is 16.2. The van der Waals surface area contributed by atoms with E-state index in [1.165, 1.54) is 55.2 Å². The molecule has 4 bridgehead atoms. The summed E-state index contributed by atoms with van der Waals surface area (Å²) in [6.45, 7) is 20.6. The summed E-state index contributed by atoms with van der Waals surface area (Å²) in [4.78, 5) is 0. The Morgan fingerprint density at radius 2 is 1.49 bits per heavy atom. The molecule has 4 nitrogen and oxygen atoms in total. The molecule has 1 aliphatic heterocycles. The molecule has 2 unspecified atom stereocenters. The molecule has 4 saturated carbocycles. The lowest BCUT2D eigenvalue weighted by atomic mass is 9.39. The van der Waals surface area contributed by atoms with Gasteiger partial charge in [-0.05, 0) is 124 Å². The Bertz CT molecular complexity index is 1310. The molecule has 0 N–H and O–H groups in total. The van der Waals surface area contributed by atoms with Crippen LogP contribution in [-0.2, 0) is 19.5 Å². The number of rotatable bonds is 7. The third kappa shape index (κ3) is 4.88. The number of methoxy groups -OCH3 is 1. The van der Waals surface area contributed by atoms with E-state index in [1.807, 2.05) is 0 Å². The third-order valence-electron chi connectivity index (χ3n) is 11.3. The Labute approximate surface area is 249 Å². The van der Waals surface area contributed by atoms with Crippen LogP contribution in [0.1, 0.15) is 117 Å². The van der Waals surface area contributed by atoms with Crippen LogP contribution >= 0.6 is 0 Å². The highest BCUT2D eigenvalue weighted by molar-refractivity contribution is 6.64. The van der Waals surface area contributed by atoms with Crippen LogP contribution in [0.5, 0.6) is 5.75 Å². The minimum absolute atomic E-state index is 0.134. The fraction of sp³-hybridized carbons (Fsp3) is 0.667. The Balaban J connectivity index is 1.55. The van der Waals surface area contributed by atoms with Crippen LogP contribution in [0.2, 0.25) is 0 Å². The first kappa shape index (κ1) is 29.3. The van der Waals surface area contributed by atoms with E-state index in [0.29, 0.717) is 16.7 Å². The van der Waals surface area contributed by atoms with Gasteiger partial charge < -0.3 is 18.8 Å². The highest BCUT2D eigenvalue weighted by atomic mass is 16.7. The van der Waals surface area contributed by atoms with Crippen molar-refractivity contribution in [1.29, 1.82) is 0 Å². The zero-order valence-corrected chi connectivity index (χ0v) is 27.2. The summed E-state index contributed by atoms with van der Waals surface area (Å²) in [6, 6.07) is 11.6. The Hall–Kier alpha value is -1.82. The lowest BCUT2D eigenvalue weighted by molar-refractivity contribution is -0.110. The number of aryl methyl sites for hydroxylation is 1. The lowest BCUT2D eigenvalue weighted by Crippen LogP contribution is -2.57. The van der Waals surface area contributed by atoms with E-state index in [0.717, 1.165) is 28.3 Å². The van der Waals surface area contributed by atoms with Gasteiger partial charge in [0.05, 0.1) is 11.2 Å². The Morgan fingerprint density at radius 3 is 2.05 bits per heavy atom. The monoisotopic (exact) mass is 558 g/mol. The maximum Gasteiger partial charge on any atom is 0.495 e. The predicted octanol–water partition coefficient (Wildman–Crippen LogP) is 8.32. The normalized spacial score (nSPS) is 33.1. The molecule has 5 heteroatoms. The van der Waals surface area contributed by atoms with Crippen molar-refractivity contribution >= 4 is 12.6 Å². The Kier molecular flexibility index (Phi) is 6.85. The quantitative estimate of drug-likeness (QED) is 0.253. The van der Waals surface area contributed by atoms with E-state index in [2.05, 4.69) is 92.6 Å². The smallest absolute Gasteiger partial charge is 0.467 e. The average molecular weight is 559 g/mol. The summed E-state index contributed by atoms with van der Waals surface area (Å²) < 4.78 is 25.5. The highest BCUT2D eigenvalue weighted by Gasteiger charge is 2.61. The van der Waals surface area contributed by atoms with Crippen LogP contribution in [0.25, 0.3) is 11.1 Å². The Morgan fingerprint density at radius 1 is 0.854 bits per heavy atom. The van der Waals surface area contributed by atoms with Gasteiger partial charge in [0.15, 0.2) is 6.79 Å². The second-order valence-corrected chi connectivity index (χ2v) is 16.2. The molecule has 5 aliphatic rings. The van der Waals surface area contributed by atoms with Crippen molar-refractivity contribution in [3.8, 4) is 16.9 Å². The van der Waals surface area contributed by atoms with Gasteiger partial charge in [0, 0.05) is 23.7 Å². The number of hydrogen-bond acceptors (Lipinski definition) is 4. The lowest BCUT2D eigenvalue weighted by Gasteiger charge is -2.65. The van der Waals surface area contributed by atoms with E-state index >= 15 is 0 Å². The van der Waals surface area contributed by atoms with E-state index in [1.54, 1.807) is 7.11 Å². The molecule has 0 amide bonds. The number of benzene rings is 2. The minimum Gasteiger partial charge on any atom is -0.467 e. The van der Waals surface area contributed by atoms with Gasteiger partial charge in [-0.25, -0.2) is 0 Å². The molecule has 222 valence electrons. The predicted molar refractivity (Wildman–Crippen MR) is 168 cm³/mol. The summed E-state index contributed by atoms with van der Waals surface area (Å²) in [5, 5.41) is 0. The van der Waals surface area contributed by atoms with Crippen molar-refractivity contribution in [3.63, 3.8) is 0 Å². The van der Waals surface area contributed by atoms with E-state index in [4.69, 9.17) is 18.8 Å². The number of ether oxygens (including phenoxy) is 2.